The minimum Gasteiger partial charge on any atom is -0.495 e. The van der Waals surface area contributed by atoms with Crippen LogP contribution in [0.2, 0.25) is 5.02 Å². The van der Waals surface area contributed by atoms with E-state index in [2.05, 4.69) is 5.32 Å². The molecule has 2 aromatic carbocycles. The van der Waals surface area contributed by atoms with Crippen LogP contribution in [0.15, 0.2) is 48.5 Å². The van der Waals surface area contributed by atoms with Gasteiger partial charge in [0.05, 0.1) is 18.2 Å². The maximum absolute atomic E-state index is 13.9. The normalized spacial score (nSPS) is 24.4. The Morgan fingerprint density at radius 1 is 1.17 bits per heavy atom. The Bertz CT molecular complexity index is 939. The number of benzene rings is 2. The van der Waals surface area contributed by atoms with Gasteiger partial charge >= 0.3 is 12.2 Å². The van der Waals surface area contributed by atoms with Gasteiger partial charge in [0.25, 0.3) is 0 Å². The lowest BCUT2D eigenvalue weighted by Gasteiger charge is -2.45. The fraction of sp³-hybridized carbons (Fsp3) is 0.263. The molecule has 6 nitrogen and oxygen atoms in total. The van der Waals surface area contributed by atoms with Crippen molar-refractivity contribution >= 4 is 23.4 Å². The van der Waals surface area contributed by atoms with E-state index in [1.54, 1.807) is 6.07 Å². The molecule has 0 spiro atoms. The molecule has 1 aliphatic rings. The highest BCUT2D eigenvalue weighted by Gasteiger charge is 2.66. The maximum atomic E-state index is 13.9. The zero-order valence-electron chi connectivity index (χ0n) is 15.0. The molecule has 1 heterocycles. The Morgan fingerprint density at radius 2 is 1.83 bits per heavy atom. The van der Waals surface area contributed by atoms with Gasteiger partial charge in [-0.25, -0.2) is 4.79 Å². The molecule has 10 heteroatoms. The Kier molecular flexibility index (Phi) is 5.46. The van der Waals surface area contributed by atoms with Gasteiger partial charge in [0.2, 0.25) is 5.72 Å². The minimum absolute atomic E-state index is 0.0169. The second-order valence-corrected chi connectivity index (χ2v) is 6.82. The number of ketones is 1. The van der Waals surface area contributed by atoms with Crippen molar-refractivity contribution in [2.24, 2.45) is 5.92 Å². The van der Waals surface area contributed by atoms with Gasteiger partial charge in [-0.05, 0) is 6.07 Å². The van der Waals surface area contributed by atoms with Crippen molar-refractivity contribution in [3.05, 3.63) is 64.7 Å². The molecule has 0 saturated carbocycles. The summed E-state index contributed by atoms with van der Waals surface area (Å²) in [6.07, 6.45) is -5.34. The van der Waals surface area contributed by atoms with E-state index in [4.69, 9.17) is 16.3 Å². The summed E-state index contributed by atoms with van der Waals surface area (Å²) in [4.78, 5) is 25.1. The molecule has 2 aromatic rings. The Hall–Kier alpha value is -2.78. The van der Waals surface area contributed by atoms with Crippen LogP contribution < -0.4 is 15.4 Å². The molecule has 0 aromatic heterocycles. The number of methoxy groups -OCH3 is 1. The third-order valence-corrected chi connectivity index (χ3v) is 4.98. The molecule has 3 atom stereocenters. The second kappa shape index (κ2) is 7.57. The van der Waals surface area contributed by atoms with E-state index in [1.165, 1.54) is 54.9 Å². The van der Waals surface area contributed by atoms with E-state index in [9.17, 15) is 27.9 Å². The average molecular weight is 429 g/mol. The molecular weight excluding hydrogens is 413 g/mol. The van der Waals surface area contributed by atoms with Gasteiger partial charge in [-0.3, -0.25) is 4.79 Å². The smallest absolute Gasteiger partial charge is 0.437 e. The quantitative estimate of drug-likeness (QED) is 0.651. The van der Waals surface area contributed by atoms with Crippen molar-refractivity contribution in [2.45, 2.75) is 17.9 Å². The van der Waals surface area contributed by atoms with E-state index < -0.39 is 35.7 Å². The number of rotatable bonds is 4. The van der Waals surface area contributed by atoms with Gasteiger partial charge in [0.1, 0.15) is 11.7 Å². The summed E-state index contributed by atoms with van der Waals surface area (Å²) in [6, 6.07) is 8.55. The van der Waals surface area contributed by atoms with Gasteiger partial charge in [-0.2, -0.15) is 13.2 Å². The number of carbonyl (C=O) groups excluding carboxylic acids is 2. The number of para-hydroxylation sites is 1. The fourth-order valence-corrected chi connectivity index (χ4v) is 3.63. The van der Waals surface area contributed by atoms with Gasteiger partial charge in [-0.1, -0.05) is 54.1 Å². The molecule has 29 heavy (non-hydrogen) atoms. The molecule has 1 fully saturated rings. The van der Waals surface area contributed by atoms with Crippen LogP contribution in [0.5, 0.6) is 5.75 Å². The molecule has 0 bridgehead atoms. The van der Waals surface area contributed by atoms with Crippen LogP contribution in [0.4, 0.5) is 18.0 Å². The first kappa shape index (κ1) is 20.9. The summed E-state index contributed by atoms with van der Waals surface area (Å²) in [7, 11) is 1.25. The number of Topliss-reactive ketones (excluding diaryl/α,β-unsaturated/α-hetero) is 1. The van der Waals surface area contributed by atoms with Crippen molar-refractivity contribution in [1.82, 2.24) is 10.6 Å². The summed E-state index contributed by atoms with van der Waals surface area (Å²) in [6.45, 7) is 0. The number of amides is 2. The van der Waals surface area contributed by atoms with Gasteiger partial charge in [0, 0.05) is 11.1 Å². The average Bonchev–Trinajstić information content (AvgIpc) is 2.66. The second-order valence-electron chi connectivity index (χ2n) is 6.41. The number of aliphatic hydroxyl groups is 1. The van der Waals surface area contributed by atoms with E-state index >= 15 is 0 Å². The van der Waals surface area contributed by atoms with Crippen LogP contribution in [0, 0.1) is 5.92 Å². The first-order valence-electron chi connectivity index (χ1n) is 8.39. The van der Waals surface area contributed by atoms with Crippen LogP contribution in [-0.4, -0.2) is 35.9 Å². The lowest BCUT2D eigenvalue weighted by atomic mass is 9.77. The molecule has 0 radical (unpaired) electrons. The summed E-state index contributed by atoms with van der Waals surface area (Å²) in [5, 5.41) is 14.4. The number of alkyl halides is 3. The standard InChI is InChI=1S/C19H16ClF3N2O4/c1-29-16-11(8-5-9-12(16)20)14-13(15(26)10-6-3-2-4-7-10)18(28,19(21,22)23)25-17(27)24-14/h2-9,13-14,28H,1H3,(H2,24,25,27)/t13-,14-,18+/m0/s1. The lowest BCUT2D eigenvalue weighted by Crippen LogP contribution is -2.72. The Morgan fingerprint density at radius 3 is 2.41 bits per heavy atom. The molecule has 3 rings (SSSR count). The summed E-state index contributed by atoms with van der Waals surface area (Å²) in [5.74, 6) is -3.20. The molecular formula is C19H16ClF3N2O4. The monoisotopic (exact) mass is 428 g/mol. The number of halogens is 4. The number of nitrogens with one attached hydrogen (secondary N) is 2. The fourth-order valence-electron chi connectivity index (χ4n) is 3.37. The first-order valence-corrected chi connectivity index (χ1v) is 8.77. The molecule has 1 aliphatic heterocycles. The van der Waals surface area contributed by atoms with Crippen molar-refractivity contribution in [3.8, 4) is 5.75 Å². The predicted molar refractivity (Wildman–Crippen MR) is 97.7 cm³/mol. The third kappa shape index (κ3) is 3.63. The zero-order chi connectivity index (χ0) is 21.4. The van der Waals surface area contributed by atoms with E-state index in [1.807, 2.05) is 0 Å². The van der Waals surface area contributed by atoms with Crippen molar-refractivity contribution in [2.75, 3.05) is 7.11 Å². The Labute approximate surface area is 168 Å². The van der Waals surface area contributed by atoms with Gasteiger partial charge in [0.15, 0.2) is 5.78 Å². The highest BCUT2D eigenvalue weighted by molar-refractivity contribution is 6.32. The minimum atomic E-state index is -5.34. The van der Waals surface area contributed by atoms with Crippen molar-refractivity contribution < 1.29 is 32.6 Å². The summed E-state index contributed by atoms with van der Waals surface area (Å²) in [5.41, 5.74) is -3.86. The number of urea groups is 1. The summed E-state index contributed by atoms with van der Waals surface area (Å²) < 4.78 is 46.8. The van der Waals surface area contributed by atoms with Crippen LogP contribution in [0.3, 0.4) is 0 Å². The highest BCUT2D eigenvalue weighted by Crippen LogP contribution is 2.46. The Balaban J connectivity index is 2.23. The topological polar surface area (TPSA) is 87.7 Å². The van der Waals surface area contributed by atoms with Gasteiger partial charge in [-0.15, -0.1) is 0 Å². The van der Waals surface area contributed by atoms with E-state index in [-0.39, 0.29) is 21.9 Å². The largest absolute Gasteiger partial charge is 0.495 e. The van der Waals surface area contributed by atoms with E-state index in [0.717, 1.165) is 0 Å². The van der Waals surface area contributed by atoms with E-state index in [0.29, 0.717) is 0 Å². The summed E-state index contributed by atoms with van der Waals surface area (Å²) >= 11 is 6.07. The third-order valence-electron chi connectivity index (χ3n) is 4.68. The number of carbonyl (C=O) groups is 2. The van der Waals surface area contributed by atoms with Crippen LogP contribution in [-0.2, 0) is 0 Å². The van der Waals surface area contributed by atoms with Crippen molar-refractivity contribution in [1.29, 1.82) is 0 Å². The molecule has 154 valence electrons. The maximum Gasteiger partial charge on any atom is 0.437 e. The predicted octanol–water partition coefficient (Wildman–Crippen LogP) is 3.45. The molecule has 3 N–H and O–H groups in total. The van der Waals surface area contributed by atoms with Gasteiger partial charge < -0.3 is 20.5 Å². The molecule has 0 unspecified atom stereocenters. The number of hydrogen-bond donors (Lipinski definition) is 3. The highest BCUT2D eigenvalue weighted by atomic mass is 35.5. The number of hydrogen-bond acceptors (Lipinski definition) is 4. The molecule has 0 aliphatic carbocycles. The zero-order valence-corrected chi connectivity index (χ0v) is 15.7. The molecule has 1 saturated heterocycles. The molecule has 2 amide bonds. The van der Waals surface area contributed by atoms with Crippen LogP contribution >= 0.6 is 11.6 Å². The lowest BCUT2D eigenvalue weighted by molar-refractivity contribution is -0.287. The van der Waals surface area contributed by atoms with Crippen molar-refractivity contribution in [3.63, 3.8) is 0 Å². The SMILES string of the molecule is COc1c(Cl)cccc1[C@@H]1NC(=O)N[C@](O)(C(F)(F)F)[C@@H]1C(=O)c1ccccc1. The van der Waals surface area contributed by atoms with Crippen LogP contribution in [0.25, 0.3) is 0 Å². The van der Waals surface area contributed by atoms with Crippen LogP contribution in [0.1, 0.15) is 22.0 Å². The number of ether oxygens (including phenoxy) is 1. The first-order chi connectivity index (χ1) is 13.6.